The quantitative estimate of drug-likeness (QED) is 0.342. The first-order valence-corrected chi connectivity index (χ1v) is 10.3. The van der Waals surface area contributed by atoms with Crippen LogP contribution in [0.1, 0.15) is 37.5 Å². The van der Waals surface area contributed by atoms with E-state index in [0.717, 1.165) is 29.9 Å². The summed E-state index contributed by atoms with van der Waals surface area (Å²) in [5.41, 5.74) is 1.12. The molecule has 2 aromatic rings. The average Bonchev–Trinajstić information content (AvgIpc) is 2.71. The van der Waals surface area contributed by atoms with Gasteiger partial charge in [0, 0.05) is 28.9 Å². The Morgan fingerprint density at radius 1 is 0.815 bits per heavy atom. The second-order valence-electron chi connectivity index (χ2n) is 5.92. The van der Waals surface area contributed by atoms with Gasteiger partial charge < -0.3 is 18.9 Å². The van der Waals surface area contributed by atoms with E-state index in [9.17, 15) is 0 Å². The van der Waals surface area contributed by atoms with Crippen molar-refractivity contribution in [1.29, 1.82) is 0 Å². The van der Waals surface area contributed by atoms with Crippen LogP contribution in [0.25, 0.3) is 0 Å². The summed E-state index contributed by atoms with van der Waals surface area (Å²) in [5, 5.41) is 0.195. The highest BCUT2D eigenvalue weighted by Gasteiger charge is 2.22. The summed E-state index contributed by atoms with van der Waals surface area (Å²) in [6, 6.07) is 16.5. The lowest BCUT2D eigenvalue weighted by atomic mass is 10.1. The third-order valence-electron chi connectivity index (χ3n) is 4.17. The van der Waals surface area contributed by atoms with E-state index in [-0.39, 0.29) is 11.5 Å². The summed E-state index contributed by atoms with van der Waals surface area (Å²) in [6.45, 7) is 5.27. The van der Waals surface area contributed by atoms with Gasteiger partial charge in [-0.15, -0.1) is 11.8 Å². The predicted molar refractivity (Wildman–Crippen MR) is 111 cm³/mol. The molecule has 5 heteroatoms. The summed E-state index contributed by atoms with van der Waals surface area (Å²) in [6.07, 6.45) is 1.52. The summed E-state index contributed by atoms with van der Waals surface area (Å²) in [7, 11) is 3.36. The molecule has 148 valence electrons. The Morgan fingerprint density at radius 3 is 2.11 bits per heavy atom. The number of para-hydroxylation sites is 1. The minimum Gasteiger partial charge on any atom is -0.493 e. The SMILES string of the molecule is CCOC(CCC(Sc1ccccc1)c1cccc(OC)c1OC)OCC. The van der Waals surface area contributed by atoms with E-state index < -0.39 is 0 Å². The number of hydrogen-bond acceptors (Lipinski definition) is 5. The molecule has 27 heavy (non-hydrogen) atoms. The first kappa shape index (κ1) is 21.6. The second-order valence-corrected chi connectivity index (χ2v) is 7.20. The zero-order valence-electron chi connectivity index (χ0n) is 16.6. The molecule has 0 amide bonds. The number of thioether (sulfide) groups is 1. The van der Waals surface area contributed by atoms with E-state index in [1.54, 1.807) is 14.2 Å². The van der Waals surface area contributed by atoms with Crippen LogP contribution in [0.2, 0.25) is 0 Å². The Labute approximate surface area is 167 Å². The van der Waals surface area contributed by atoms with Gasteiger partial charge in [0.2, 0.25) is 0 Å². The Bertz CT molecular complexity index is 657. The van der Waals surface area contributed by atoms with Crippen LogP contribution in [0.4, 0.5) is 0 Å². The Hall–Kier alpha value is -1.69. The topological polar surface area (TPSA) is 36.9 Å². The van der Waals surface area contributed by atoms with Crippen LogP contribution in [0.5, 0.6) is 11.5 Å². The van der Waals surface area contributed by atoms with Crippen molar-refractivity contribution in [2.45, 2.75) is 43.1 Å². The minimum absolute atomic E-state index is 0.185. The van der Waals surface area contributed by atoms with Gasteiger partial charge in [-0.2, -0.15) is 0 Å². The van der Waals surface area contributed by atoms with E-state index in [0.29, 0.717) is 13.2 Å². The van der Waals surface area contributed by atoms with Gasteiger partial charge in [-0.25, -0.2) is 0 Å². The second kappa shape index (κ2) is 11.9. The highest BCUT2D eigenvalue weighted by molar-refractivity contribution is 7.99. The Morgan fingerprint density at radius 2 is 1.52 bits per heavy atom. The highest BCUT2D eigenvalue weighted by Crippen LogP contribution is 2.45. The fraction of sp³-hybridized carbons (Fsp3) is 0.455. The minimum atomic E-state index is -0.185. The molecule has 2 aromatic carbocycles. The molecule has 0 aromatic heterocycles. The summed E-state index contributed by atoms with van der Waals surface area (Å²) >= 11 is 1.82. The molecule has 0 saturated carbocycles. The number of methoxy groups -OCH3 is 2. The van der Waals surface area contributed by atoms with E-state index in [1.165, 1.54) is 4.90 Å². The highest BCUT2D eigenvalue weighted by atomic mass is 32.2. The van der Waals surface area contributed by atoms with Crippen molar-refractivity contribution in [2.75, 3.05) is 27.4 Å². The molecule has 4 nitrogen and oxygen atoms in total. The first-order valence-electron chi connectivity index (χ1n) is 9.39. The van der Waals surface area contributed by atoms with Crippen molar-refractivity contribution in [3.05, 3.63) is 54.1 Å². The van der Waals surface area contributed by atoms with Gasteiger partial charge in [-0.05, 0) is 44.9 Å². The lowest BCUT2D eigenvalue weighted by Gasteiger charge is -2.23. The zero-order chi connectivity index (χ0) is 19.5. The maximum absolute atomic E-state index is 5.73. The van der Waals surface area contributed by atoms with Gasteiger partial charge in [0.05, 0.1) is 14.2 Å². The van der Waals surface area contributed by atoms with Gasteiger partial charge in [0.25, 0.3) is 0 Å². The van der Waals surface area contributed by atoms with Crippen molar-refractivity contribution >= 4 is 11.8 Å². The number of hydrogen-bond donors (Lipinski definition) is 0. The molecule has 0 aliphatic rings. The predicted octanol–water partition coefficient (Wildman–Crippen LogP) is 5.72. The molecule has 0 radical (unpaired) electrons. The molecule has 0 N–H and O–H groups in total. The van der Waals surface area contributed by atoms with Gasteiger partial charge in [0.1, 0.15) is 0 Å². The van der Waals surface area contributed by atoms with Crippen molar-refractivity contribution in [1.82, 2.24) is 0 Å². The average molecular weight is 391 g/mol. The van der Waals surface area contributed by atoms with Crippen LogP contribution in [0, 0.1) is 0 Å². The normalized spacial score (nSPS) is 12.2. The summed E-state index contributed by atoms with van der Waals surface area (Å²) < 4.78 is 22.6. The van der Waals surface area contributed by atoms with Crippen LogP contribution in [0.15, 0.2) is 53.4 Å². The third kappa shape index (κ3) is 6.45. The van der Waals surface area contributed by atoms with Gasteiger partial charge in [0.15, 0.2) is 17.8 Å². The largest absolute Gasteiger partial charge is 0.493 e. The van der Waals surface area contributed by atoms with Crippen LogP contribution < -0.4 is 9.47 Å². The van der Waals surface area contributed by atoms with Gasteiger partial charge in [-0.1, -0.05) is 30.3 Å². The standard InChI is InChI=1S/C22H30O4S/c1-5-25-21(26-6-2)16-15-20(27-17-11-8-7-9-12-17)18-13-10-14-19(23-3)22(18)24-4/h7-14,20-21H,5-6,15-16H2,1-4H3. The molecule has 1 atom stereocenters. The van der Waals surface area contributed by atoms with E-state index >= 15 is 0 Å². The lowest BCUT2D eigenvalue weighted by Crippen LogP contribution is -2.18. The Kier molecular flexibility index (Phi) is 9.53. The maximum Gasteiger partial charge on any atom is 0.165 e. The lowest BCUT2D eigenvalue weighted by molar-refractivity contribution is -0.140. The number of benzene rings is 2. The molecule has 1 unspecified atom stereocenters. The van der Waals surface area contributed by atoms with Crippen LogP contribution in [-0.4, -0.2) is 33.7 Å². The zero-order valence-corrected chi connectivity index (χ0v) is 17.5. The molecule has 0 heterocycles. The van der Waals surface area contributed by atoms with Crippen molar-refractivity contribution in [2.24, 2.45) is 0 Å². The summed E-state index contributed by atoms with van der Waals surface area (Å²) in [5.74, 6) is 1.54. The van der Waals surface area contributed by atoms with E-state index in [1.807, 2.05) is 43.8 Å². The molecule has 0 spiro atoms. The van der Waals surface area contributed by atoms with Crippen LogP contribution in [0.3, 0.4) is 0 Å². The van der Waals surface area contributed by atoms with Crippen molar-refractivity contribution in [3.8, 4) is 11.5 Å². The molecule has 0 aliphatic carbocycles. The van der Waals surface area contributed by atoms with Gasteiger partial charge in [-0.3, -0.25) is 0 Å². The molecule has 0 saturated heterocycles. The molecule has 0 fully saturated rings. The van der Waals surface area contributed by atoms with Gasteiger partial charge >= 0.3 is 0 Å². The third-order valence-corrected chi connectivity index (χ3v) is 5.49. The summed E-state index contributed by atoms with van der Waals surface area (Å²) in [4.78, 5) is 1.22. The molecular formula is C22H30O4S. The Balaban J connectivity index is 2.27. The van der Waals surface area contributed by atoms with Crippen LogP contribution >= 0.6 is 11.8 Å². The monoisotopic (exact) mass is 390 g/mol. The molecule has 0 bridgehead atoms. The molecule has 0 aliphatic heterocycles. The molecular weight excluding hydrogens is 360 g/mol. The van der Waals surface area contributed by atoms with Crippen molar-refractivity contribution < 1.29 is 18.9 Å². The van der Waals surface area contributed by atoms with E-state index in [4.69, 9.17) is 18.9 Å². The number of rotatable bonds is 12. The first-order chi connectivity index (χ1) is 13.2. The van der Waals surface area contributed by atoms with Crippen molar-refractivity contribution in [3.63, 3.8) is 0 Å². The number of ether oxygens (including phenoxy) is 4. The van der Waals surface area contributed by atoms with E-state index in [2.05, 4.69) is 30.3 Å². The maximum atomic E-state index is 5.73. The molecule has 2 rings (SSSR count). The fourth-order valence-electron chi connectivity index (χ4n) is 2.98. The van der Waals surface area contributed by atoms with Crippen LogP contribution in [-0.2, 0) is 9.47 Å². The fourth-order valence-corrected chi connectivity index (χ4v) is 4.19. The smallest absolute Gasteiger partial charge is 0.165 e.